The summed E-state index contributed by atoms with van der Waals surface area (Å²) >= 11 is 11.9. The van der Waals surface area contributed by atoms with Crippen LogP contribution in [-0.4, -0.2) is 23.0 Å². The lowest BCUT2D eigenvalue weighted by atomic mass is 10.1. The number of primary amides is 1. The Balaban J connectivity index is 2.11. The molecule has 0 spiro atoms. The molecule has 0 aliphatic heterocycles. The van der Waals surface area contributed by atoms with E-state index in [1.54, 1.807) is 31.3 Å². The number of fused-ring (bicyclic) bond motifs is 1. The number of amides is 1. The first-order valence-corrected chi connectivity index (χ1v) is 7.25. The molecule has 1 unspecified atom stereocenters. The van der Waals surface area contributed by atoms with Crippen molar-refractivity contribution in [3.63, 3.8) is 0 Å². The van der Waals surface area contributed by atoms with Crippen LogP contribution in [0.25, 0.3) is 17.0 Å². The molecule has 1 amide bonds. The maximum atomic E-state index is 11.7. The van der Waals surface area contributed by atoms with Crippen LogP contribution in [0.5, 0.6) is 0 Å². The molecule has 0 aliphatic carbocycles. The summed E-state index contributed by atoms with van der Waals surface area (Å²) < 4.78 is 5.03. The Hall–Kier alpha value is -1.98. The number of carbonyl (C=O) groups excluding carboxylic acids is 2. The molecule has 7 heteroatoms. The van der Waals surface area contributed by atoms with Crippen LogP contribution in [0, 0.1) is 0 Å². The summed E-state index contributed by atoms with van der Waals surface area (Å²) in [5.41, 5.74) is 6.61. The van der Waals surface area contributed by atoms with Crippen molar-refractivity contribution < 1.29 is 14.3 Å². The van der Waals surface area contributed by atoms with Gasteiger partial charge in [0.05, 0.1) is 16.5 Å². The van der Waals surface area contributed by atoms with Crippen molar-refractivity contribution >= 4 is 52.1 Å². The van der Waals surface area contributed by atoms with Crippen LogP contribution in [0.4, 0.5) is 0 Å². The number of esters is 1. The van der Waals surface area contributed by atoms with E-state index in [0.29, 0.717) is 10.0 Å². The van der Waals surface area contributed by atoms with Gasteiger partial charge in [0.1, 0.15) is 6.10 Å². The molecule has 0 radical (unpaired) electrons. The number of hydrogen-bond acceptors (Lipinski definition) is 3. The van der Waals surface area contributed by atoms with Gasteiger partial charge in [-0.15, -0.1) is 0 Å². The molecule has 2 rings (SSSR count). The fourth-order valence-corrected chi connectivity index (χ4v) is 2.32. The normalized spacial score (nSPS) is 12.7. The van der Waals surface area contributed by atoms with Crippen molar-refractivity contribution in [2.45, 2.75) is 19.4 Å². The summed E-state index contributed by atoms with van der Waals surface area (Å²) in [6.07, 6.45) is 4.03. The zero-order chi connectivity index (χ0) is 16.3. The van der Waals surface area contributed by atoms with Gasteiger partial charge in [0.15, 0.2) is 0 Å². The van der Waals surface area contributed by atoms with Crippen LogP contribution in [0.15, 0.2) is 24.4 Å². The minimum atomic E-state index is -0.564. The number of benzene rings is 1. The minimum Gasteiger partial charge on any atom is -0.459 e. The van der Waals surface area contributed by atoms with Gasteiger partial charge in [0.2, 0.25) is 5.91 Å². The molecule has 1 aromatic heterocycles. The zero-order valence-electron chi connectivity index (χ0n) is 11.7. The van der Waals surface area contributed by atoms with Gasteiger partial charge in [-0.2, -0.15) is 0 Å². The molecule has 0 bridgehead atoms. The number of nitrogens with two attached hydrogens (primary N) is 1. The van der Waals surface area contributed by atoms with Crippen LogP contribution in [0.3, 0.4) is 0 Å². The van der Waals surface area contributed by atoms with Gasteiger partial charge >= 0.3 is 5.97 Å². The highest BCUT2D eigenvalue weighted by atomic mass is 35.5. The predicted octanol–water partition coefficient (Wildman–Crippen LogP) is 3.29. The van der Waals surface area contributed by atoms with E-state index in [2.05, 4.69) is 4.98 Å². The van der Waals surface area contributed by atoms with E-state index in [1.807, 2.05) is 0 Å². The SMILES string of the molecule is CC(CC(N)=O)OC(=O)/C=C/c1c[nH]c2cc(Cl)c(Cl)cc12. The third-order valence-electron chi connectivity index (χ3n) is 2.96. The fraction of sp³-hybridized carbons (Fsp3) is 0.200. The first-order valence-electron chi connectivity index (χ1n) is 6.50. The molecule has 0 aliphatic rings. The average molecular weight is 341 g/mol. The number of hydrogen-bond donors (Lipinski definition) is 2. The van der Waals surface area contributed by atoms with Gasteiger partial charge in [-0.25, -0.2) is 4.79 Å². The molecule has 0 saturated carbocycles. The summed E-state index contributed by atoms with van der Waals surface area (Å²) in [5, 5.41) is 1.72. The monoisotopic (exact) mass is 340 g/mol. The van der Waals surface area contributed by atoms with Crippen molar-refractivity contribution in [3.05, 3.63) is 40.0 Å². The van der Waals surface area contributed by atoms with E-state index >= 15 is 0 Å². The molecular weight excluding hydrogens is 327 g/mol. The van der Waals surface area contributed by atoms with Gasteiger partial charge in [-0.1, -0.05) is 23.2 Å². The number of aromatic nitrogens is 1. The topological polar surface area (TPSA) is 85.2 Å². The summed E-state index contributed by atoms with van der Waals surface area (Å²) in [4.78, 5) is 25.4. The number of carbonyl (C=O) groups is 2. The molecule has 3 N–H and O–H groups in total. The third kappa shape index (κ3) is 4.02. The van der Waals surface area contributed by atoms with Crippen LogP contribution >= 0.6 is 23.2 Å². The van der Waals surface area contributed by atoms with Crippen LogP contribution in [0.2, 0.25) is 10.0 Å². The average Bonchev–Trinajstić information content (AvgIpc) is 2.78. The predicted molar refractivity (Wildman–Crippen MR) is 86.7 cm³/mol. The number of ether oxygens (including phenoxy) is 1. The Morgan fingerprint density at radius 2 is 2.05 bits per heavy atom. The molecular formula is C15H14Cl2N2O3. The third-order valence-corrected chi connectivity index (χ3v) is 3.68. The van der Waals surface area contributed by atoms with E-state index in [-0.39, 0.29) is 6.42 Å². The highest BCUT2D eigenvalue weighted by Crippen LogP contribution is 2.29. The summed E-state index contributed by atoms with van der Waals surface area (Å²) in [5.74, 6) is -1.07. The van der Waals surface area contributed by atoms with E-state index < -0.39 is 18.0 Å². The first kappa shape index (κ1) is 16.4. The molecule has 5 nitrogen and oxygen atoms in total. The first-order chi connectivity index (χ1) is 10.4. The Kier molecular flexibility index (Phi) is 5.11. The highest BCUT2D eigenvalue weighted by Gasteiger charge is 2.10. The molecule has 22 heavy (non-hydrogen) atoms. The molecule has 0 fully saturated rings. The molecule has 0 saturated heterocycles. The standard InChI is InChI=1S/C15H14Cl2N2O3/c1-8(4-14(18)20)22-15(21)3-2-9-7-19-13-6-12(17)11(16)5-10(9)13/h2-3,5-8,19H,4H2,1H3,(H2,18,20)/b3-2+. The van der Waals surface area contributed by atoms with Crippen LogP contribution < -0.4 is 5.73 Å². The Labute approximate surface area is 137 Å². The van der Waals surface area contributed by atoms with Crippen molar-refractivity contribution in [1.29, 1.82) is 0 Å². The molecule has 2 aromatic rings. The fourth-order valence-electron chi connectivity index (χ4n) is 2.00. The van der Waals surface area contributed by atoms with E-state index in [9.17, 15) is 9.59 Å². The number of nitrogens with one attached hydrogen (secondary N) is 1. The molecule has 1 aromatic carbocycles. The largest absolute Gasteiger partial charge is 0.459 e. The highest BCUT2D eigenvalue weighted by molar-refractivity contribution is 6.42. The Bertz CT molecular complexity index is 753. The van der Waals surface area contributed by atoms with E-state index in [1.165, 1.54) is 6.08 Å². The second-order valence-electron chi connectivity index (χ2n) is 4.81. The summed E-state index contributed by atoms with van der Waals surface area (Å²) in [6, 6.07) is 3.43. The maximum absolute atomic E-state index is 11.7. The molecule has 1 heterocycles. The second kappa shape index (κ2) is 6.85. The lowest BCUT2D eigenvalue weighted by Crippen LogP contribution is -2.21. The lowest BCUT2D eigenvalue weighted by Gasteiger charge is -2.08. The van der Waals surface area contributed by atoms with Crippen LogP contribution in [0.1, 0.15) is 18.9 Å². The summed E-state index contributed by atoms with van der Waals surface area (Å²) in [7, 11) is 0. The Morgan fingerprint density at radius 3 is 2.73 bits per heavy atom. The van der Waals surface area contributed by atoms with Crippen molar-refractivity contribution in [3.8, 4) is 0 Å². The quantitative estimate of drug-likeness (QED) is 0.646. The summed E-state index contributed by atoms with van der Waals surface area (Å²) in [6.45, 7) is 1.60. The van der Waals surface area contributed by atoms with E-state index in [4.69, 9.17) is 33.7 Å². The van der Waals surface area contributed by atoms with Crippen molar-refractivity contribution in [1.82, 2.24) is 4.98 Å². The van der Waals surface area contributed by atoms with Crippen LogP contribution in [-0.2, 0) is 14.3 Å². The maximum Gasteiger partial charge on any atom is 0.331 e. The lowest BCUT2D eigenvalue weighted by molar-refractivity contribution is -0.143. The Morgan fingerprint density at radius 1 is 1.36 bits per heavy atom. The van der Waals surface area contributed by atoms with Gasteiger partial charge in [-0.3, -0.25) is 4.79 Å². The van der Waals surface area contributed by atoms with Crippen molar-refractivity contribution in [2.75, 3.05) is 0 Å². The number of aromatic amines is 1. The van der Waals surface area contributed by atoms with Crippen molar-refractivity contribution in [2.24, 2.45) is 5.73 Å². The van der Waals surface area contributed by atoms with Gasteiger partial charge < -0.3 is 15.5 Å². The molecule has 1 atom stereocenters. The van der Waals surface area contributed by atoms with Gasteiger partial charge in [0.25, 0.3) is 0 Å². The number of rotatable bonds is 5. The van der Waals surface area contributed by atoms with Gasteiger partial charge in [-0.05, 0) is 25.1 Å². The molecule has 116 valence electrons. The van der Waals surface area contributed by atoms with Gasteiger partial charge in [0, 0.05) is 28.7 Å². The zero-order valence-corrected chi connectivity index (χ0v) is 13.2. The number of H-pyrrole nitrogens is 1. The second-order valence-corrected chi connectivity index (χ2v) is 5.62. The van der Waals surface area contributed by atoms with E-state index in [0.717, 1.165) is 16.5 Å². The number of halogens is 2. The smallest absolute Gasteiger partial charge is 0.331 e. The minimum absolute atomic E-state index is 0.0131.